The van der Waals surface area contributed by atoms with Crippen molar-refractivity contribution in [1.29, 1.82) is 0 Å². The van der Waals surface area contributed by atoms with Crippen molar-refractivity contribution in [3.63, 3.8) is 0 Å². The van der Waals surface area contributed by atoms with Gasteiger partial charge in [-0.3, -0.25) is 0 Å². The summed E-state index contributed by atoms with van der Waals surface area (Å²) >= 11 is 0. The number of nitrogens with two attached hydrogens (primary N) is 1. The molecule has 0 aliphatic heterocycles. The quantitative estimate of drug-likeness (QED) is 0.793. The summed E-state index contributed by atoms with van der Waals surface area (Å²) in [6, 6.07) is 0. The summed E-state index contributed by atoms with van der Waals surface area (Å²) < 4.78 is 41.3. The molecular formula is C9H11F3N2O5. The summed E-state index contributed by atoms with van der Waals surface area (Å²) in [5.41, 5.74) is 5.45. The summed E-state index contributed by atoms with van der Waals surface area (Å²) in [7, 11) is 0. The number of ether oxygens (including phenoxy) is 1. The van der Waals surface area contributed by atoms with Gasteiger partial charge in [0.05, 0.1) is 13.2 Å². The molecule has 0 radical (unpaired) electrons. The molecule has 10 heteroatoms. The van der Waals surface area contributed by atoms with E-state index in [4.69, 9.17) is 24.8 Å². The van der Waals surface area contributed by atoms with Crippen LogP contribution in [0.1, 0.15) is 23.2 Å². The minimum absolute atomic E-state index is 0.147. The number of carbonyl (C=O) groups is 2. The fraction of sp³-hybridized carbons (Fsp3) is 0.444. The molecule has 108 valence electrons. The fourth-order valence-electron chi connectivity index (χ4n) is 0.781. The number of aliphatic carboxylic acids is 1. The van der Waals surface area contributed by atoms with Crippen molar-refractivity contribution in [3.8, 4) is 0 Å². The molecule has 0 saturated heterocycles. The Balaban J connectivity index is 0.000000399. The Morgan fingerprint density at radius 1 is 1.53 bits per heavy atom. The van der Waals surface area contributed by atoms with Crippen molar-refractivity contribution in [2.24, 2.45) is 5.73 Å². The van der Waals surface area contributed by atoms with Crippen LogP contribution in [0, 0.1) is 0 Å². The van der Waals surface area contributed by atoms with E-state index in [2.05, 4.69) is 4.98 Å². The van der Waals surface area contributed by atoms with Crippen LogP contribution in [0.3, 0.4) is 0 Å². The van der Waals surface area contributed by atoms with Gasteiger partial charge in [0.2, 0.25) is 0 Å². The summed E-state index contributed by atoms with van der Waals surface area (Å²) in [4.78, 5) is 23.7. The maximum atomic E-state index is 11.1. The van der Waals surface area contributed by atoms with Gasteiger partial charge >= 0.3 is 18.1 Å². The van der Waals surface area contributed by atoms with E-state index in [1.165, 1.54) is 6.39 Å². The second kappa shape index (κ2) is 7.36. The third-order valence-electron chi connectivity index (χ3n) is 1.54. The molecule has 19 heavy (non-hydrogen) atoms. The second-order valence-electron chi connectivity index (χ2n) is 2.85. The van der Waals surface area contributed by atoms with Crippen LogP contribution < -0.4 is 5.73 Å². The molecule has 0 spiro atoms. The first-order valence-corrected chi connectivity index (χ1v) is 4.83. The molecule has 1 aromatic heterocycles. The molecule has 0 saturated carbocycles. The number of carboxylic acid groups (broad SMARTS) is 1. The third-order valence-corrected chi connectivity index (χ3v) is 1.54. The summed E-state index contributed by atoms with van der Waals surface area (Å²) in [5.74, 6) is -2.90. The highest BCUT2D eigenvalue weighted by atomic mass is 19.4. The molecule has 0 unspecified atom stereocenters. The van der Waals surface area contributed by atoms with Crippen molar-refractivity contribution in [2.75, 3.05) is 6.61 Å². The second-order valence-corrected chi connectivity index (χ2v) is 2.85. The lowest BCUT2D eigenvalue weighted by atomic mass is 10.3. The molecule has 1 rings (SSSR count). The SMILES string of the molecule is CCOC(=O)c1ncoc1CN.O=C(O)C(F)(F)F. The van der Waals surface area contributed by atoms with Crippen molar-refractivity contribution in [1.82, 2.24) is 4.98 Å². The van der Waals surface area contributed by atoms with Crippen LogP contribution in [0.2, 0.25) is 0 Å². The molecule has 0 aliphatic rings. The Morgan fingerprint density at radius 2 is 2.05 bits per heavy atom. The van der Waals surface area contributed by atoms with Crippen LogP contribution in [0.25, 0.3) is 0 Å². The topological polar surface area (TPSA) is 116 Å². The van der Waals surface area contributed by atoms with Gasteiger partial charge in [0, 0.05) is 0 Å². The lowest BCUT2D eigenvalue weighted by Crippen LogP contribution is -2.21. The van der Waals surface area contributed by atoms with Crippen molar-refractivity contribution < 1.29 is 37.0 Å². The van der Waals surface area contributed by atoms with Crippen LogP contribution in [0.15, 0.2) is 10.8 Å². The smallest absolute Gasteiger partial charge is 0.475 e. The zero-order valence-corrected chi connectivity index (χ0v) is 9.73. The van der Waals surface area contributed by atoms with E-state index in [9.17, 15) is 18.0 Å². The normalized spacial score (nSPS) is 10.4. The van der Waals surface area contributed by atoms with Crippen molar-refractivity contribution in [2.45, 2.75) is 19.6 Å². The molecule has 0 fully saturated rings. The van der Waals surface area contributed by atoms with Gasteiger partial charge in [-0.1, -0.05) is 0 Å². The number of halogens is 3. The molecule has 1 heterocycles. The lowest BCUT2D eigenvalue weighted by Gasteiger charge is -1.97. The average molecular weight is 284 g/mol. The number of esters is 1. The number of hydrogen-bond acceptors (Lipinski definition) is 6. The Hall–Kier alpha value is -2.10. The van der Waals surface area contributed by atoms with E-state index < -0.39 is 18.1 Å². The molecule has 3 N–H and O–H groups in total. The number of oxazole rings is 1. The highest BCUT2D eigenvalue weighted by molar-refractivity contribution is 5.88. The van der Waals surface area contributed by atoms with E-state index in [0.29, 0.717) is 12.4 Å². The minimum atomic E-state index is -5.08. The average Bonchev–Trinajstić information content (AvgIpc) is 2.76. The molecule has 0 aromatic carbocycles. The predicted octanol–water partition coefficient (Wildman–Crippen LogP) is 0.943. The van der Waals surface area contributed by atoms with Crippen LogP contribution in [-0.2, 0) is 16.1 Å². The lowest BCUT2D eigenvalue weighted by molar-refractivity contribution is -0.192. The van der Waals surface area contributed by atoms with Gasteiger partial charge in [0.15, 0.2) is 17.8 Å². The number of alkyl halides is 3. The van der Waals surface area contributed by atoms with Gasteiger partial charge < -0.3 is 20.0 Å². The van der Waals surface area contributed by atoms with Gasteiger partial charge in [0.25, 0.3) is 0 Å². The minimum Gasteiger partial charge on any atom is -0.475 e. The molecule has 0 atom stereocenters. The Kier molecular flexibility index (Phi) is 6.55. The molecular weight excluding hydrogens is 273 g/mol. The molecule has 0 aliphatic carbocycles. The van der Waals surface area contributed by atoms with Gasteiger partial charge in [-0.05, 0) is 6.92 Å². The number of nitrogens with zero attached hydrogens (tertiary/aromatic N) is 1. The van der Waals surface area contributed by atoms with E-state index in [-0.39, 0.29) is 12.2 Å². The van der Waals surface area contributed by atoms with Gasteiger partial charge in [-0.15, -0.1) is 0 Å². The van der Waals surface area contributed by atoms with E-state index in [1.54, 1.807) is 6.92 Å². The fourth-order valence-corrected chi connectivity index (χ4v) is 0.781. The van der Waals surface area contributed by atoms with Gasteiger partial charge in [-0.2, -0.15) is 13.2 Å². The van der Waals surface area contributed by atoms with Crippen LogP contribution in [0.5, 0.6) is 0 Å². The maximum absolute atomic E-state index is 11.1. The maximum Gasteiger partial charge on any atom is 0.490 e. The summed E-state index contributed by atoms with van der Waals surface area (Å²) in [6.07, 6.45) is -3.91. The van der Waals surface area contributed by atoms with E-state index in [1.807, 2.05) is 0 Å². The van der Waals surface area contributed by atoms with E-state index in [0.717, 1.165) is 0 Å². The highest BCUT2D eigenvalue weighted by Crippen LogP contribution is 2.13. The van der Waals surface area contributed by atoms with Gasteiger partial charge in [0.1, 0.15) is 0 Å². The molecule has 7 nitrogen and oxygen atoms in total. The largest absolute Gasteiger partial charge is 0.490 e. The first-order chi connectivity index (χ1) is 8.73. The Morgan fingerprint density at radius 3 is 2.42 bits per heavy atom. The van der Waals surface area contributed by atoms with Crippen LogP contribution >= 0.6 is 0 Å². The number of hydrogen-bond donors (Lipinski definition) is 2. The standard InChI is InChI=1S/C7H10N2O3.C2HF3O2/c1-2-11-7(10)6-5(3-8)12-4-9-6;3-2(4,5)1(6)7/h4H,2-3,8H2,1H3;(H,6,7). The monoisotopic (exact) mass is 284 g/mol. The Labute approximate surface area is 105 Å². The zero-order valence-electron chi connectivity index (χ0n) is 9.73. The number of carbonyl (C=O) groups excluding carboxylic acids is 1. The molecule has 0 amide bonds. The summed E-state index contributed by atoms with van der Waals surface area (Å²) in [5, 5.41) is 7.12. The molecule has 0 bridgehead atoms. The predicted molar refractivity (Wildman–Crippen MR) is 54.0 cm³/mol. The van der Waals surface area contributed by atoms with E-state index >= 15 is 0 Å². The Bertz CT molecular complexity index is 430. The van der Waals surface area contributed by atoms with Crippen molar-refractivity contribution >= 4 is 11.9 Å². The number of rotatable bonds is 3. The first-order valence-electron chi connectivity index (χ1n) is 4.83. The highest BCUT2D eigenvalue weighted by Gasteiger charge is 2.38. The summed E-state index contributed by atoms with van der Waals surface area (Å²) in [6.45, 7) is 2.18. The zero-order chi connectivity index (χ0) is 15.1. The third kappa shape index (κ3) is 5.86. The number of aromatic nitrogens is 1. The van der Waals surface area contributed by atoms with Gasteiger partial charge in [-0.25, -0.2) is 14.6 Å². The first kappa shape index (κ1) is 16.9. The van der Waals surface area contributed by atoms with Crippen LogP contribution in [0.4, 0.5) is 13.2 Å². The van der Waals surface area contributed by atoms with Crippen molar-refractivity contribution in [3.05, 3.63) is 17.8 Å². The molecule has 1 aromatic rings. The van der Waals surface area contributed by atoms with Crippen LogP contribution in [-0.4, -0.2) is 34.8 Å². The number of carboxylic acids is 1.